The highest BCUT2D eigenvalue weighted by molar-refractivity contribution is 5.70. The van der Waals surface area contributed by atoms with E-state index in [9.17, 15) is 9.59 Å². The first-order valence-corrected chi connectivity index (χ1v) is 9.89. The molecule has 4 nitrogen and oxygen atoms in total. The summed E-state index contributed by atoms with van der Waals surface area (Å²) in [6.07, 6.45) is 10.1. The molecule has 0 heterocycles. The molecule has 0 bridgehead atoms. The van der Waals surface area contributed by atoms with Crippen molar-refractivity contribution in [2.75, 3.05) is 0 Å². The lowest BCUT2D eigenvalue weighted by atomic mass is 9.77. The van der Waals surface area contributed by atoms with Crippen LogP contribution in [0.3, 0.4) is 0 Å². The molecule has 0 saturated carbocycles. The number of carboxylic acid groups (broad SMARTS) is 1. The Hall–Kier alpha value is -1.06. The SMILES string of the molecule is CCCCCCC(CC)(OC(=O)CCCCC(=O)O)C(CC)CC. The molecule has 1 N–H and O–H groups in total. The molecule has 0 aliphatic rings. The van der Waals surface area contributed by atoms with Gasteiger partial charge in [0.05, 0.1) is 0 Å². The molecule has 0 aliphatic heterocycles. The van der Waals surface area contributed by atoms with Crippen LogP contribution in [-0.4, -0.2) is 22.6 Å². The Labute approximate surface area is 148 Å². The largest absolute Gasteiger partial charge is 0.481 e. The number of esters is 1. The molecule has 0 aromatic heterocycles. The zero-order valence-corrected chi connectivity index (χ0v) is 16.2. The van der Waals surface area contributed by atoms with Crippen LogP contribution in [0.1, 0.15) is 105 Å². The number of ether oxygens (including phenoxy) is 1. The molecular formula is C20H38O4. The van der Waals surface area contributed by atoms with Crippen LogP contribution in [0.2, 0.25) is 0 Å². The second kappa shape index (κ2) is 13.3. The molecule has 0 spiro atoms. The van der Waals surface area contributed by atoms with E-state index in [1.165, 1.54) is 19.3 Å². The average Bonchev–Trinajstić information content (AvgIpc) is 2.56. The number of carbonyl (C=O) groups is 2. The normalized spacial score (nSPS) is 13.7. The molecule has 24 heavy (non-hydrogen) atoms. The number of aliphatic carboxylic acids is 1. The minimum atomic E-state index is -0.806. The molecule has 0 saturated heterocycles. The van der Waals surface area contributed by atoms with Crippen molar-refractivity contribution in [3.05, 3.63) is 0 Å². The summed E-state index contributed by atoms with van der Waals surface area (Å²) >= 11 is 0. The summed E-state index contributed by atoms with van der Waals surface area (Å²) in [6, 6.07) is 0. The number of unbranched alkanes of at least 4 members (excludes halogenated alkanes) is 4. The third-order valence-electron chi connectivity index (χ3n) is 5.12. The zero-order chi connectivity index (χ0) is 18.4. The van der Waals surface area contributed by atoms with Crippen molar-refractivity contribution in [3.63, 3.8) is 0 Å². The number of hydrogen-bond acceptors (Lipinski definition) is 3. The van der Waals surface area contributed by atoms with Crippen molar-refractivity contribution in [3.8, 4) is 0 Å². The Morgan fingerprint density at radius 1 is 0.917 bits per heavy atom. The van der Waals surface area contributed by atoms with E-state index in [2.05, 4.69) is 27.7 Å². The molecule has 4 heteroatoms. The van der Waals surface area contributed by atoms with Gasteiger partial charge < -0.3 is 9.84 Å². The monoisotopic (exact) mass is 342 g/mol. The van der Waals surface area contributed by atoms with E-state index in [4.69, 9.17) is 9.84 Å². The number of hydrogen-bond donors (Lipinski definition) is 1. The number of rotatable bonds is 15. The van der Waals surface area contributed by atoms with Crippen molar-refractivity contribution in [1.82, 2.24) is 0 Å². The van der Waals surface area contributed by atoms with Gasteiger partial charge in [-0.1, -0.05) is 47.0 Å². The molecule has 1 unspecified atom stereocenters. The number of carboxylic acids is 1. The Morgan fingerprint density at radius 2 is 1.54 bits per heavy atom. The molecule has 0 aliphatic carbocycles. The summed E-state index contributed by atoms with van der Waals surface area (Å²) in [5.74, 6) is -0.573. The van der Waals surface area contributed by atoms with Gasteiger partial charge in [0, 0.05) is 12.8 Å². The molecule has 0 amide bonds. The van der Waals surface area contributed by atoms with Crippen LogP contribution < -0.4 is 0 Å². The van der Waals surface area contributed by atoms with Crippen molar-refractivity contribution in [2.45, 2.75) is 110 Å². The topological polar surface area (TPSA) is 63.6 Å². The summed E-state index contributed by atoms with van der Waals surface area (Å²) in [5, 5.41) is 8.66. The summed E-state index contributed by atoms with van der Waals surface area (Å²) < 4.78 is 6.03. The van der Waals surface area contributed by atoms with E-state index >= 15 is 0 Å². The van der Waals surface area contributed by atoms with Crippen molar-refractivity contribution in [1.29, 1.82) is 0 Å². The van der Waals surface area contributed by atoms with Crippen molar-refractivity contribution < 1.29 is 19.4 Å². The highest BCUT2D eigenvalue weighted by Gasteiger charge is 2.38. The molecule has 0 radical (unpaired) electrons. The van der Waals surface area contributed by atoms with Crippen LogP contribution in [0, 0.1) is 5.92 Å². The van der Waals surface area contributed by atoms with Gasteiger partial charge in [0.25, 0.3) is 0 Å². The van der Waals surface area contributed by atoms with Crippen LogP contribution in [0.4, 0.5) is 0 Å². The van der Waals surface area contributed by atoms with Crippen LogP contribution >= 0.6 is 0 Å². The molecule has 0 rings (SSSR count). The molecule has 1 atom stereocenters. The third kappa shape index (κ3) is 8.70. The second-order valence-electron chi connectivity index (χ2n) is 6.82. The first kappa shape index (κ1) is 22.9. The van der Waals surface area contributed by atoms with Gasteiger partial charge in [0.1, 0.15) is 5.60 Å². The van der Waals surface area contributed by atoms with E-state index in [0.29, 0.717) is 25.2 Å². The van der Waals surface area contributed by atoms with Gasteiger partial charge in [-0.05, 0) is 50.9 Å². The Bertz CT molecular complexity index is 350. The molecule has 0 aromatic rings. The highest BCUT2D eigenvalue weighted by Crippen LogP contribution is 2.36. The van der Waals surface area contributed by atoms with E-state index in [-0.39, 0.29) is 18.0 Å². The predicted molar refractivity (Wildman–Crippen MR) is 98.0 cm³/mol. The highest BCUT2D eigenvalue weighted by atomic mass is 16.6. The van der Waals surface area contributed by atoms with Crippen molar-refractivity contribution in [2.24, 2.45) is 5.92 Å². The van der Waals surface area contributed by atoms with Gasteiger partial charge in [-0.3, -0.25) is 9.59 Å². The van der Waals surface area contributed by atoms with Gasteiger partial charge in [-0.2, -0.15) is 0 Å². The summed E-state index contributed by atoms with van der Waals surface area (Å²) in [5.41, 5.74) is -0.346. The predicted octanol–water partition coefficient (Wildman–Crippen LogP) is 5.73. The lowest BCUT2D eigenvalue weighted by Crippen LogP contribution is -2.42. The van der Waals surface area contributed by atoms with Gasteiger partial charge >= 0.3 is 11.9 Å². The van der Waals surface area contributed by atoms with Crippen LogP contribution in [0.15, 0.2) is 0 Å². The summed E-state index contributed by atoms with van der Waals surface area (Å²) in [6.45, 7) is 8.66. The first-order valence-electron chi connectivity index (χ1n) is 9.89. The van der Waals surface area contributed by atoms with Gasteiger partial charge in [-0.25, -0.2) is 0 Å². The molecule has 0 aromatic carbocycles. The minimum absolute atomic E-state index is 0.121. The van der Waals surface area contributed by atoms with Gasteiger partial charge in [0.2, 0.25) is 0 Å². The van der Waals surface area contributed by atoms with E-state index in [1.807, 2.05) is 0 Å². The van der Waals surface area contributed by atoms with E-state index in [0.717, 1.165) is 32.1 Å². The fraction of sp³-hybridized carbons (Fsp3) is 0.900. The quantitative estimate of drug-likeness (QED) is 0.305. The van der Waals surface area contributed by atoms with E-state index < -0.39 is 5.97 Å². The Kier molecular flexibility index (Phi) is 12.7. The van der Waals surface area contributed by atoms with Crippen LogP contribution in [-0.2, 0) is 14.3 Å². The Balaban J connectivity index is 4.71. The fourth-order valence-corrected chi connectivity index (χ4v) is 3.58. The lowest BCUT2D eigenvalue weighted by molar-refractivity contribution is -0.169. The van der Waals surface area contributed by atoms with Crippen molar-refractivity contribution >= 4 is 11.9 Å². The maximum atomic E-state index is 12.3. The maximum Gasteiger partial charge on any atom is 0.306 e. The smallest absolute Gasteiger partial charge is 0.306 e. The standard InChI is InChI=1S/C20H38O4/c1-5-9-10-13-16-20(8-4,17(6-2)7-3)24-19(23)15-12-11-14-18(21)22/h17H,5-16H2,1-4H3,(H,21,22). The maximum absolute atomic E-state index is 12.3. The zero-order valence-electron chi connectivity index (χ0n) is 16.2. The summed E-state index contributed by atoms with van der Waals surface area (Å²) in [4.78, 5) is 22.9. The lowest BCUT2D eigenvalue weighted by Gasteiger charge is -2.39. The minimum Gasteiger partial charge on any atom is -0.481 e. The summed E-state index contributed by atoms with van der Waals surface area (Å²) in [7, 11) is 0. The van der Waals surface area contributed by atoms with Gasteiger partial charge in [-0.15, -0.1) is 0 Å². The van der Waals surface area contributed by atoms with Crippen LogP contribution in [0.5, 0.6) is 0 Å². The second-order valence-corrected chi connectivity index (χ2v) is 6.82. The molecule has 142 valence electrons. The Morgan fingerprint density at radius 3 is 2.04 bits per heavy atom. The number of carbonyl (C=O) groups excluding carboxylic acids is 1. The van der Waals surface area contributed by atoms with E-state index in [1.54, 1.807) is 0 Å². The fourth-order valence-electron chi connectivity index (χ4n) is 3.58. The molecular weight excluding hydrogens is 304 g/mol. The average molecular weight is 343 g/mol. The van der Waals surface area contributed by atoms with Crippen LogP contribution in [0.25, 0.3) is 0 Å². The van der Waals surface area contributed by atoms with Gasteiger partial charge in [0.15, 0.2) is 0 Å². The molecule has 0 fully saturated rings. The third-order valence-corrected chi connectivity index (χ3v) is 5.12. The first-order chi connectivity index (χ1) is 11.5.